The third-order valence-electron chi connectivity index (χ3n) is 6.22. The number of aromatic nitrogens is 1. The summed E-state index contributed by atoms with van der Waals surface area (Å²) in [4.78, 5) is 43.6. The zero-order chi connectivity index (χ0) is 19.2. The maximum atomic E-state index is 13.1. The molecule has 7 heteroatoms. The highest BCUT2D eigenvalue weighted by Crippen LogP contribution is 2.42. The highest BCUT2D eigenvalue weighted by atomic mass is 16.2. The van der Waals surface area contributed by atoms with Crippen LogP contribution in [0.15, 0.2) is 10.9 Å². The fraction of sp³-hybridized carbons (Fsp3) is 0.600. The minimum absolute atomic E-state index is 0.0292. The quantitative estimate of drug-likeness (QED) is 0.857. The largest absolute Gasteiger partial charge is 0.339 e. The van der Waals surface area contributed by atoms with Crippen molar-refractivity contribution in [1.82, 2.24) is 14.8 Å². The van der Waals surface area contributed by atoms with Crippen LogP contribution in [0.3, 0.4) is 0 Å². The molecule has 3 aliphatic rings. The molecule has 3 fully saturated rings. The van der Waals surface area contributed by atoms with E-state index in [1.165, 1.54) is 6.07 Å². The number of aryl methyl sites for hydroxylation is 1. The minimum Gasteiger partial charge on any atom is -0.339 e. The fourth-order valence-electron chi connectivity index (χ4n) is 4.58. The SMILES string of the molecule is Cc1[nH]c(=O)c(C#N)cc1C(=O)N1CCC[C@]2(CCC(=O)N(C3CC3)C2)C1. The summed E-state index contributed by atoms with van der Waals surface area (Å²) in [5, 5.41) is 9.10. The van der Waals surface area contributed by atoms with Crippen molar-refractivity contribution in [3.8, 4) is 6.07 Å². The lowest BCUT2D eigenvalue weighted by molar-refractivity contribution is -0.139. The van der Waals surface area contributed by atoms with Gasteiger partial charge in [-0.25, -0.2) is 0 Å². The number of pyridine rings is 1. The Balaban J connectivity index is 1.56. The van der Waals surface area contributed by atoms with Crippen molar-refractivity contribution >= 4 is 11.8 Å². The lowest BCUT2D eigenvalue weighted by Gasteiger charge is -2.48. The first-order valence-electron chi connectivity index (χ1n) is 9.65. The number of carbonyl (C=O) groups is 2. The van der Waals surface area contributed by atoms with Crippen molar-refractivity contribution in [2.45, 2.75) is 51.5 Å². The van der Waals surface area contributed by atoms with Crippen LogP contribution in [-0.2, 0) is 4.79 Å². The second-order valence-electron chi connectivity index (χ2n) is 8.25. The summed E-state index contributed by atoms with van der Waals surface area (Å²) in [6.07, 6.45) is 5.52. The van der Waals surface area contributed by atoms with Crippen molar-refractivity contribution in [3.05, 3.63) is 33.2 Å². The van der Waals surface area contributed by atoms with Gasteiger partial charge in [0.05, 0.1) is 5.56 Å². The number of nitrogens with zero attached hydrogens (tertiary/aromatic N) is 3. The van der Waals surface area contributed by atoms with E-state index in [-0.39, 0.29) is 22.8 Å². The summed E-state index contributed by atoms with van der Waals surface area (Å²) in [5.41, 5.74) is 0.334. The summed E-state index contributed by atoms with van der Waals surface area (Å²) >= 11 is 0. The van der Waals surface area contributed by atoms with Gasteiger partial charge in [-0.15, -0.1) is 0 Å². The van der Waals surface area contributed by atoms with Gasteiger partial charge >= 0.3 is 0 Å². The zero-order valence-corrected chi connectivity index (χ0v) is 15.6. The lowest BCUT2D eigenvalue weighted by atomic mass is 9.73. The topological polar surface area (TPSA) is 97.3 Å². The molecule has 2 saturated heterocycles. The predicted octanol–water partition coefficient (Wildman–Crippen LogP) is 1.56. The summed E-state index contributed by atoms with van der Waals surface area (Å²) in [5.74, 6) is 0.107. The van der Waals surface area contributed by atoms with Crippen LogP contribution >= 0.6 is 0 Å². The maximum Gasteiger partial charge on any atom is 0.266 e. The van der Waals surface area contributed by atoms with Gasteiger partial charge in [0.2, 0.25) is 5.91 Å². The first kappa shape index (κ1) is 17.8. The molecule has 1 saturated carbocycles. The minimum atomic E-state index is -0.465. The number of hydrogen-bond donors (Lipinski definition) is 1. The molecule has 1 aliphatic carbocycles. The molecule has 1 aromatic rings. The molecule has 3 heterocycles. The van der Waals surface area contributed by atoms with Crippen LogP contribution in [0.1, 0.15) is 60.1 Å². The average Bonchev–Trinajstić information content (AvgIpc) is 3.49. The van der Waals surface area contributed by atoms with Gasteiger partial charge in [0.25, 0.3) is 11.5 Å². The van der Waals surface area contributed by atoms with Gasteiger partial charge in [0, 0.05) is 43.2 Å². The van der Waals surface area contributed by atoms with Gasteiger partial charge in [0.1, 0.15) is 11.6 Å². The van der Waals surface area contributed by atoms with Gasteiger partial charge in [-0.2, -0.15) is 5.26 Å². The summed E-state index contributed by atoms with van der Waals surface area (Å²) < 4.78 is 0. The molecule has 1 spiro atoms. The molecule has 0 radical (unpaired) electrons. The van der Waals surface area contributed by atoms with E-state index in [2.05, 4.69) is 4.98 Å². The number of hydrogen-bond acceptors (Lipinski definition) is 4. The summed E-state index contributed by atoms with van der Waals surface area (Å²) in [6, 6.07) is 3.65. The summed E-state index contributed by atoms with van der Waals surface area (Å²) in [7, 11) is 0. The van der Waals surface area contributed by atoms with Crippen molar-refractivity contribution in [2.75, 3.05) is 19.6 Å². The van der Waals surface area contributed by atoms with Gasteiger partial charge in [-0.3, -0.25) is 14.4 Å². The Hall–Kier alpha value is -2.62. The smallest absolute Gasteiger partial charge is 0.266 e. The number of aromatic amines is 1. The molecule has 27 heavy (non-hydrogen) atoms. The van der Waals surface area contributed by atoms with Gasteiger partial charge in [-0.1, -0.05) is 0 Å². The van der Waals surface area contributed by atoms with E-state index in [1.807, 2.05) is 15.9 Å². The van der Waals surface area contributed by atoms with E-state index in [9.17, 15) is 14.4 Å². The Morgan fingerprint density at radius 2 is 2.07 bits per heavy atom. The van der Waals surface area contributed by atoms with E-state index < -0.39 is 5.56 Å². The molecule has 142 valence electrons. The van der Waals surface area contributed by atoms with Crippen molar-refractivity contribution in [1.29, 1.82) is 5.26 Å². The van der Waals surface area contributed by atoms with Crippen LogP contribution in [-0.4, -0.2) is 52.3 Å². The predicted molar refractivity (Wildman–Crippen MR) is 98.1 cm³/mol. The monoisotopic (exact) mass is 368 g/mol. The van der Waals surface area contributed by atoms with Crippen LogP contribution < -0.4 is 5.56 Å². The number of carbonyl (C=O) groups excluding carboxylic acids is 2. The zero-order valence-electron chi connectivity index (χ0n) is 15.6. The first-order valence-corrected chi connectivity index (χ1v) is 9.65. The number of likely N-dealkylation sites (tertiary alicyclic amines) is 2. The Morgan fingerprint density at radius 3 is 2.78 bits per heavy atom. The Morgan fingerprint density at radius 1 is 1.30 bits per heavy atom. The molecule has 0 unspecified atom stereocenters. The van der Waals surface area contributed by atoms with Crippen molar-refractivity contribution in [3.63, 3.8) is 0 Å². The molecule has 1 atom stereocenters. The van der Waals surface area contributed by atoms with Crippen LogP contribution in [0.5, 0.6) is 0 Å². The number of H-pyrrole nitrogens is 1. The molecule has 2 amide bonds. The van der Waals surface area contributed by atoms with E-state index in [4.69, 9.17) is 5.26 Å². The summed E-state index contributed by atoms with van der Waals surface area (Å²) in [6.45, 7) is 3.72. The Kier molecular flexibility index (Phi) is 4.29. The van der Waals surface area contributed by atoms with Crippen LogP contribution in [0.4, 0.5) is 0 Å². The normalized spacial score (nSPS) is 25.6. The number of amides is 2. The molecular weight excluding hydrogens is 344 g/mol. The molecule has 0 bridgehead atoms. The fourth-order valence-corrected chi connectivity index (χ4v) is 4.58. The highest BCUT2D eigenvalue weighted by molar-refractivity contribution is 5.95. The van der Waals surface area contributed by atoms with Gasteiger partial charge < -0.3 is 14.8 Å². The van der Waals surface area contributed by atoms with Gasteiger partial charge in [0.15, 0.2) is 0 Å². The molecule has 1 aromatic heterocycles. The standard InChI is InChI=1S/C20H24N4O3/c1-13-16(9-14(10-21)18(26)22-13)19(27)23-8-2-6-20(11-23)7-5-17(25)24(12-20)15-3-4-15/h9,15H,2-8,11-12H2,1H3,(H,22,26)/t20-/m0/s1. The molecule has 7 nitrogen and oxygen atoms in total. The maximum absolute atomic E-state index is 13.1. The number of rotatable bonds is 2. The number of nitriles is 1. The van der Waals surface area contributed by atoms with E-state index in [0.29, 0.717) is 36.8 Å². The molecule has 0 aromatic carbocycles. The first-order chi connectivity index (χ1) is 12.9. The Labute approximate surface area is 158 Å². The number of nitrogens with one attached hydrogen (secondary N) is 1. The van der Waals surface area contributed by atoms with E-state index in [0.717, 1.165) is 38.6 Å². The van der Waals surface area contributed by atoms with Gasteiger partial charge in [-0.05, 0) is 45.1 Å². The van der Waals surface area contributed by atoms with E-state index in [1.54, 1.807) is 6.92 Å². The average molecular weight is 368 g/mol. The second-order valence-corrected chi connectivity index (χ2v) is 8.25. The van der Waals surface area contributed by atoms with Crippen LogP contribution in [0.25, 0.3) is 0 Å². The molecular formula is C20H24N4O3. The van der Waals surface area contributed by atoms with Crippen molar-refractivity contribution < 1.29 is 9.59 Å². The molecule has 4 rings (SSSR count). The third kappa shape index (κ3) is 3.25. The Bertz CT molecular complexity index is 895. The second kappa shape index (κ2) is 6.52. The van der Waals surface area contributed by atoms with Crippen LogP contribution in [0, 0.1) is 23.7 Å². The molecule has 2 aliphatic heterocycles. The molecule has 1 N–H and O–H groups in total. The highest BCUT2D eigenvalue weighted by Gasteiger charge is 2.46. The van der Waals surface area contributed by atoms with Crippen LogP contribution in [0.2, 0.25) is 0 Å². The lowest BCUT2D eigenvalue weighted by Crippen LogP contribution is -2.55. The number of piperidine rings is 2. The third-order valence-corrected chi connectivity index (χ3v) is 6.22. The van der Waals surface area contributed by atoms with Crippen molar-refractivity contribution in [2.24, 2.45) is 5.41 Å². The van der Waals surface area contributed by atoms with E-state index >= 15 is 0 Å².